The van der Waals surface area contributed by atoms with Crippen LogP contribution in [0.5, 0.6) is 0 Å². The number of aromatic nitrogens is 1. The Morgan fingerprint density at radius 1 is 1.12 bits per heavy atom. The molecule has 3 nitrogen and oxygen atoms in total. The number of thiophene rings is 1. The van der Waals surface area contributed by atoms with E-state index in [9.17, 15) is 4.79 Å². The van der Waals surface area contributed by atoms with Crippen molar-refractivity contribution in [1.29, 1.82) is 0 Å². The molecule has 0 radical (unpaired) electrons. The summed E-state index contributed by atoms with van der Waals surface area (Å²) < 4.78 is 1.40. The van der Waals surface area contributed by atoms with Gasteiger partial charge in [-0.2, -0.15) is 0 Å². The van der Waals surface area contributed by atoms with Crippen molar-refractivity contribution in [1.82, 2.24) is 9.88 Å². The molecule has 1 fully saturated rings. The molecular formula is C30H36N2OS. The molecule has 0 bridgehead atoms. The highest BCUT2D eigenvalue weighted by Crippen LogP contribution is 2.39. The van der Waals surface area contributed by atoms with Gasteiger partial charge in [-0.05, 0) is 78.8 Å². The van der Waals surface area contributed by atoms with Gasteiger partial charge in [0.15, 0.2) is 0 Å². The predicted molar refractivity (Wildman–Crippen MR) is 143 cm³/mol. The Balaban J connectivity index is 1.33. The highest BCUT2D eigenvalue weighted by atomic mass is 32.1. The van der Waals surface area contributed by atoms with Crippen LogP contribution in [0.4, 0.5) is 0 Å². The molecule has 3 heterocycles. The van der Waals surface area contributed by atoms with E-state index in [1.807, 2.05) is 29.7 Å². The molecule has 1 unspecified atom stereocenters. The van der Waals surface area contributed by atoms with Crippen LogP contribution in [0.25, 0.3) is 15.7 Å². The van der Waals surface area contributed by atoms with Crippen molar-refractivity contribution < 1.29 is 4.79 Å². The lowest BCUT2D eigenvalue weighted by Gasteiger charge is -2.37. The van der Waals surface area contributed by atoms with E-state index >= 15 is 0 Å². The van der Waals surface area contributed by atoms with Crippen molar-refractivity contribution in [2.45, 2.75) is 63.7 Å². The van der Waals surface area contributed by atoms with Crippen molar-refractivity contribution in [3.63, 3.8) is 0 Å². The summed E-state index contributed by atoms with van der Waals surface area (Å²) in [7, 11) is 0. The number of pyridine rings is 1. The Hall–Kier alpha value is -2.30. The van der Waals surface area contributed by atoms with E-state index in [0.29, 0.717) is 5.78 Å². The molecule has 1 atom stereocenters. The van der Waals surface area contributed by atoms with Crippen LogP contribution in [0.15, 0.2) is 60.1 Å². The highest BCUT2D eigenvalue weighted by molar-refractivity contribution is 7.17. The monoisotopic (exact) mass is 472 g/mol. The number of carbonyl (C=O) groups is 1. The number of fused-ring (bicyclic) bond motifs is 1. The molecule has 1 saturated carbocycles. The minimum absolute atomic E-state index is 0.204. The Bertz CT molecular complexity index is 1140. The molecule has 1 aliphatic heterocycles. The lowest BCUT2D eigenvalue weighted by molar-refractivity contribution is -0.130. The molecule has 5 rings (SSSR count). The van der Waals surface area contributed by atoms with Crippen molar-refractivity contribution in [2.75, 3.05) is 19.6 Å². The Morgan fingerprint density at radius 2 is 2.00 bits per heavy atom. The van der Waals surface area contributed by atoms with Crippen LogP contribution in [-0.2, 0) is 10.2 Å². The largest absolute Gasteiger partial charge is 0.299 e. The fraction of sp³-hybridized carbons (Fsp3) is 0.467. The second kappa shape index (κ2) is 10.5. The van der Waals surface area contributed by atoms with Crippen LogP contribution in [0.3, 0.4) is 0 Å². The van der Waals surface area contributed by atoms with E-state index in [1.165, 1.54) is 40.5 Å². The fourth-order valence-electron chi connectivity index (χ4n) is 6.06. The van der Waals surface area contributed by atoms with Crippen molar-refractivity contribution in [3.8, 4) is 0 Å². The Labute approximate surface area is 207 Å². The minimum atomic E-state index is -0.462. The van der Waals surface area contributed by atoms with Crippen LogP contribution in [0.2, 0.25) is 0 Å². The maximum absolute atomic E-state index is 14.0. The molecule has 0 amide bonds. The molecule has 1 aliphatic carbocycles. The third-order valence-electron chi connectivity index (χ3n) is 8.18. The lowest BCUT2D eigenvalue weighted by Crippen LogP contribution is -2.44. The van der Waals surface area contributed by atoms with Gasteiger partial charge >= 0.3 is 0 Å². The van der Waals surface area contributed by atoms with Gasteiger partial charge in [0.2, 0.25) is 0 Å². The molecule has 2 aromatic heterocycles. The van der Waals surface area contributed by atoms with E-state index in [2.05, 4.69) is 53.6 Å². The molecule has 0 saturated heterocycles. The van der Waals surface area contributed by atoms with E-state index in [-0.39, 0.29) is 5.92 Å². The van der Waals surface area contributed by atoms with Gasteiger partial charge < -0.3 is 0 Å². The second-order valence-electron chi connectivity index (χ2n) is 10.0. The molecule has 0 N–H and O–H groups in total. The topological polar surface area (TPSA) is 33.2 Å². The van der Waals surface area contributed by atoms with Gasteiger partial charge in [0.1, 0.15) is 5.78 Å². The Kier molecular flexibility index (Phi) is 7.26. The number of carbonyl (C=O) groups excluding carboxylic acids is 1. The first-order chi connectivity index (χ1) is 16.7. The van der Waals surface area contributed by atoms with Gasteiger partial charge in [-0.3, -0.25) is 14.7 Å². The molecule has 178 valence electrons. The standard InChI is InChI=1S/C30H36N2OS/c1-2-30(27-13-6-7-18-31-27,29(33)25-9-4-3-5-10-25)17-21-32-19-14-23(15-20-32)26-12-8-11-24-16-22-34-28(24)26/h6-8,11-14,16,18,22,25H,2-5,9-10,15,17,19-21H2,1H3. The van der Waals surface area contributed by atoms with Crippen LogP contribution in [0, 0.1) is 5.92 Å². The van der Waals surface area contributed by atoms with Crippen LogP contribution in [0.1, 0.15) is 69.5 Å². The number of ketones is 1. The van der Waals surface area contributed by atoms with Gasteiger partial charge in [0.05, 0.1) is 11.1 Å². The van der Waals surface area contributed by atoms with Crippen molar-refractivity contribution in [2.24, 2.45) is 5.92 Å². The lowest BCUT2D eigenvalue weighted by atomic mass is 9.67. The maximum Gasteiger partial charge on any atom is 0.148 e. The van der Waals surface area contributed by atoms with E-state index < -0.39 is 5.41 Å². The molecule has 2 aliphatic rings. The summed E-state index contributed by atoms with van der Waals surface area (Å²) in [4.78, 5) is 21.2. The molecule has 1 aromatic carbocycles. The smallest absolute Gasteiger partial charge is 0.148 e. The van der Waals surface area contributed by atoms with Crippen LogP contribution in [-0.4, -0.2) is 35.3 Å². The van der Waals surface area contributed by atoms with E-state index in [1.54, 1.807) is 0 Å². The zero-order valence-corrected chi connectivity index (χ0v) is 21.2. The first-order valence-electron chi connectivity index (χ1n) is 13.0. The van der Waals surface area contributed by atoms with Crippen molar-refractivity contribution >= 4 is 32.8 Å². The molecular weight excluding hydrogens is 436 g/mol. The summed E-state index contributed by atoms with van der Waals surface area (Å²) in [6.45, 7) is 5.13. The SMILES string of the molecule is CCC(CCN1CC=C(c2cccc3ccsc23)CC1)(C(=O)C1CCCCC1)c1ccccn1. The normalized spacial score (nSPS) is 19.6. The number of hydrogen-bond acceptors (Lipinski definition) is 4. The molecule has 0 spiro atoms. The Morgan fingerprint density at radius 3 is 2.74 bits per heavy atom. The number of benzene rings is 1. The summed E-state index contributed by atoms with van der Waals surface area (Å²) in [5.74, 6) is 0.654. The molecule has 3 aromatic rings. The van der Waals surface area contributed by atoms with Gasteiger partial charge in [0.25, 0.3) is 0 Å². The third kappa shape index (κ3) is 4.63. The first-order valence-corrected chi connectivity index (χ1v) is 13.9. The van der Waals surface area contributed by atoms with Gasteiger partial charge in [-0.15, -0.1) is 11.3 Å². The highest BCUT2D eigenvalue weighted by Gasteiger charge is 2.43. The molecule has 34 heavy (non-hydrogen) atoms. The minimum Gasteiger partial charge on any atom is -0.299 e. The second-order valence-corrected chi connectivity index (χ2v) is 10.9. The van der Waals surface area contributed by atoms with Gasteiger partial charge in [-0.25, -0.2) is 0 Å². The zero-order chi connectivity index (χ0) is 23.4. The average Bonchev–Trinajstić information content (AvgIpc) is 3.40. The zero-order valence-electron chi connectivity index (χ0n) is 20.3. The van der Waals surface area contributed by atoms with Crippen LogP contribution < -0.4 is 0 Å². The van der Waals surface area contributed by atoms with Gasteiger partial charge in [0, 0.05) is 29.9 Å². The first kappa shape index (κ1) is 23.4. The summed E-state index contributed by atoms with van der Waals surface area (Å²) >= 11 is 1.84. The maximum atomic E-state index is 14.0. The molecule has 4 heteroatoms. The number of rotatable bonds is 8. The summed E-state index contributed by atoms with van der Waals surface area (Å²) in [5.41, 5.74) is 3.38. The number of Topliss-reactive ketones (excluding diaryl/α,β-unsaturated/α-hetero) is 1. The summed E-state index contributed by atoms with van der Waals surface area (Å²) in [6.07, 6.45) is 12.8. The van der Waals surface area contributed by atoms with Gasteiger partial charge in [-0.1, -0.05) is 56.5 Å². The number of hydrogen-bond donors (Lipinski definition) is 0. The summed E-state index contributed by atoms with van der Waals surface area (Å²) in [6, 6.07) is 15.0. The quantitative estimate of drug-likeness (QED) is 0.345. The average molecular weight is 473 g/mol. The number of nitrogens with zero attached hydrogens (tertiary/aromatic N) is 2. The third-order valence-corrected chi connectivity index (χ3v) is 9.14. The van der Waals surface area contributed by atoms with E-state index in [0.717, 1.165) is 57.4 Å². The van der Waals surface area contributed by atoms with E-state index in [4.69, 9.17) is 4.98 Å². The fourth-order valence-corrected chi connectivity index (χ4v) is 7.01. The predicted octanol–water partition coefficient (Wildman–Crippen LogP) is 7.27. The summed E-state index contributed by atoms with van der Waals surface area (Å²) in [5, 5.41) is 3.53. The van der Waals surface area contributed by atoms with Crippen molar-refractivity contribution in [3.05, 3.63) is 71.4 Å². The van der Waals surface area contributed by atoms with Crippen LogP contribution >= 0.6 is 11.3 Å².